The molecule has 0 saturated carbocycles. The maximum absolute atomic E-state index is 13.1. The summed E-state index contributed by atoms with van der Waals surface area (Å²) < 4.78 is 5.54. The third kappa shape index (κ3) is 7.50. The molecule has 36 heavy (non-hydrogen) atoms. The van der Waals surface area contributed by atoms with Crippen LogP contribution in [0.1, 0.15) is 54.9 Å². The van der Waals surface area contributed by atoms with Gasteiger partial charge >= 0.3 is 6.09 Å². The molecule has 1 N–H and O–H groups in total. The highest BCUT2D eigenvalue weighted by Crippen LogP contribution is 2.25. The van der Waals surface area contributed by atoms with E-state index in [0.717, 1.165) is 28.7 Å². The van der Waals surface area contributed by atoms with Gasteiger partial charge in [-0.2, -0.15) is 0 Å². The number of hydrogen-bond donors (Lipinski definition) is 1. The Bertz CT molecular complexity index is 1250. The Morgan fingerprint density at radius 1 is 1.03 bits per heavy atom. The molecule has 0 atom stereocenters. The highest BCUT2D eigenvalue weighted by Gasteiger charge is 2.25. The summed E-state index contributed by atoms with van der Waals surface area (Å²) in [4.78, 5) is 43.2. The first kappa shape index (κ1) is 26.6. The summed E-state index contributed by atoms with van der Waals surface area (Å²) in [5.74, 6) is -0.460. The van der Waals surface area contributed by atoms with Crippen LogP contribution in [0.15, 0.2) is 60.8 Å². The van der Waals surface area contributed by atoms with Crippen molar-refractivity contribution >= 4 is 24.0 Å². The predicted octanol–water partition coefficient (Wildman–Crippen LogP) is 5.81. The Labute approximate surface area is 212 Å². The number of nitrogens with one attached hydrogen (secondary N) is 1. The largest absolute Gasteiger partial charge is 0.444 e. The smallest absolute Gasteiger partial charge is 0.411 e. The van der Waals surface area contributed by atoms with Gasteiger partial charge in [0.25, 0.3) is 0 Å². The molecule has 0 unspecified atom stereocenters. The van der Waals surface area contributed by atoms with Gasteiger partial charge in [-0.25, -0.2) is 4.79 Å². The first-order chi connectivity index (χ1) is 17.1. The first-order valence-electron chi connectivity index (χ1n) is 12.0. The summed E-state index contributed by atoms with van der Waals surface area (Å²) in [5.41, 5.74) is 4.49. The van der Waals surface area contributed by atoms with Crippen molar-refractivity contribution in [2.45, 2.75) is 53.2 Å². The molecule has 2 aromatic carbocycles. The molecule has 188 valence electrons. The monoisotopic (exact) mass is 487 g/mol. The fraction of sp³-hybridized carbons (Fsp3) is 0.310. The average molecular weight is 488 g/mol. The molecule has 0 fully saturated rings. The lowest BCUT2D eigenvalue weighted by atomic mass is 10.0. The molecule has 0 aliphatic rings. The van der Waals surface area contributed by atoms with Crippen molar-refractivity contribution in [1.29, 1.82) is 0 Å². The lowest BCUT2D eigenvalue weighted by molar-refractivity contribution is -0.117. The number of aryl methyl sites for hydroxylation is 2. The van der Waals surface area contributed by atoms with Gasteiger partial charge < -0.3 is 10.1 Å². The Morgan fingerprint density at radius 2 is 1.75 bits per heavy atom. The summed E-state index contributed by atoms with van der Waals surface area (Å²) in [6, 6.07) is 17.4. The molecule has 0 spiro atoms. The van der Waals surface area contributed by atoms with E-state index in [1.54, 1.807) is 33.0 Å². The zero-order valence-electron chi connectivity index (χ0n) is 21.5. The number of anilines is 1. The molecule has 1 aromatic heterocycles. The van der Waals surface area contributed by atoms with E-state index in [1.165, 1.54) is 10.5 Å². The minimum Gasteiger partial charge on any atom is -0.444 e. The zero-order chi connectivity index (χ0) is 26.3. The fourth-order valence-corrected chi connectivity index (χ4v) is 3.70. The molecule has 2 amide bonds. The van der Waals surface area contributed by atoms with Crippen molar-refractivity contribution < 1.29 is 19.1 Å². The SMILES string of the molecule is CCc1cccc(-c2cnc(C=O)c(NC(=O)CN(Cc3cccc(C)c3)C(=O)OC(C)(C)C)c2)c1. The van der Waals surface area contributed by atoms with Gasteiger partial charge in [0, 0.05) is 18.3 Å². The van der Waals surface area contributed by atoms with E-state index >= 15 is 0 Å². The molecule has 0 bridgehead atoms. The molecule has 0 saturated heterocycles. The highest BCUT2D eigenvalue weighted by molar-refractivity contribution is 5.98. The molecule has 7 heteroatoms. The van der Waals surface area contributed by atoms with Crippen molar-refractivity contribution in [3.05, 3.63) is 83.2 Å². The number of carbonyl (C=O) groups excluding carboxylic acids is 3. The van der Waals surface area contributed by atoms with Gasteiger partial charge in [-0.3, -0.25) is 19.5 Å². The second-order valence-electron chi connectivity index (χ2n) is 9.70. The van der Waals surface area contributed by atoms with Gasteiger partial charge in [0.05, 0.1) is 5.69 Å². The third-order valence-electron chi connectivity index (χ3n) is 5.41. The van der Waals surface area contributed by atoms with Crippen LogP contribution >= 0.6 is 0 Å². The molecular formula is C29H33N3O4. The van der Waals surface area contributed by atoms with Crippen LogP contribution in [0, 0.1) is 6.92 Å². The molecule has 0 radical (unpaired) electrons. The quantitative estimate of drug-likeness (QED) is 0.405. The van der Waals surface area contributed by atoms with Crippen LogP contribution in [0.2, 0.25) is 0 Å². The van der Waals surface area contributed by atoms with Gasteiger partial charge in [0.2, 0.25) is 5.91 Å². The van der Waals surface area contributed by atoms with Crippen molar-refractivity contribution in [2.24, 2.45) is 0 Å². The van der Waals surface area contributed by atoms with E-state index in [2.05, 4.69) is 23.3 Å². The average Bonchev–Trinajstić information content (AvgIpc) is 2.82. The summed E-state index contributed by atoms with van der Waals surface area (Å²) in [6.45, 7) is 9.31. The Balaban J connectivity index is 1.84. The summed E-state index contributed by atoms with van der Waals surface area (Å²) in [7, 11) is 0. The third-order valence-corrected chi connectivity index (χ3v) is 5.41. The first-order valence-corrected chi connectivity index (χ1v) is 12.0. The molecule has 3 rings (SSSR count). The minimum atomic E-state index is -0.714. The maximum Gasteiger partial charge on any atom is 0.411 e. The van der Waals surface area contributed by atoms with Gasteiger partial charge in [-0.15, -0.1) is 0 Å². The van der Waals surface area contributed by atoms with Crippen LogP contribution in [-0.4, -0.2) is 40.3 Å². The molecule has 0 aliphatic heterocycles. The number of benzene rings is 2. The van der Waals surface area contributed by atoms with Crippen molar-refractivity contribution in [2.75, 3.05) is 11.9 Å². The number of pyridine rings is 1. The normalized spacial score (nSPS) is 11.0. The second-order valence-corrected chi connectivity index (χ2v) is 9.70. The van der Waals surface area contributed by atoms with Crippen LogP contribution in [0.5, 0.6) is 0 Å². The van der Waals surface area contributed by atoms with Crippen molar-refractivity contribution in [3.8, 4) is 11.1 Å². The van der Waals surface area contributed by atoms with Gasteiger partial charge in [-0.05, 0) is 56.9 Å². The number of aromatic nitrogens is 1. The molecule has 1 heterocycles. The molecule has 7 nitrogen and oxygen atoms in total. The van der Waals surface area contributed by atoms with Gasteiger partial charge in [-0.1, -0.05) is 61.0 Å². The maximum atomic E-state index is 13.1. The van der Waals surface area contributed by atoms with Crippen LogP contribution in [-0.2, 0) is 22.5 Å². The highest BCUT2D eigenvalue weighted by atomic mass is 16.6. The lowest BCUT2D eigenvalue weighted by Gasteiger charge is -2.27. The fourth-order valence-electron chi connectivity index (χ4n) is 3.70. The number of ether oxygens (including phenoxy) is 1. The van der Waals surface area contributed by atoms with Crippen LogP contribution in [0.3, 0.4) is 0 Å². The molecular weight excluding hydrogens is 454 g/mol. The summed E-state index contributed by atoms with van der Waals surface area (Å²) in [5, 5.41) is 2.76. The summed E-state index contributed by atoms with van der Waals surface area (Å²) in [6.07, 6.45) is 2.50. The Hall–Kier alpha value is -4.00. The number of aldehydes is 1. The molecule has 3 aromatic rings. The molecule has 0 aliphatic carbocycles. The zero-order valence-corrected chi connectivity index (χ0v) is 21.5. The lowest BCUT2D eigenvalue weighted by Crippen LogP contribution is -2.41. The summed E-state index contributed by atoms with van der Waals surface area (Å²) >= 11 is 0. The van der Waals surface area contributed by atoms with E-state index in [-0.39, 0.29) is 24.5 Å². The number of rotatable bonds is 8. The topological polar surface area (TPSA) is 88.6 Å². The standard InChI is InChI=1S/C29H33N3O4/c1-6-21-10-8-12-23(14-21)24-15-25(26(19-33)30-16-24)31-27(34)18-32(28(35)36-29(3,4)5)17-22-11-7-9-20(2)13-22/h7-16,19H,6,17-18H2,1-5H3,(H,31,34). The van der Waals surface area contributed by atoms with Crippen LogP contribution < -0.4 is 5.32 Å². The number of carbonyl (C=O) groups is 3. The van der Waals surface area contributed by atoms with Crippen molar-refractivity contribution in [3.63, 3.8) is 0 Å². The predicted molar refractivity (Wildman–Crippen MR) is 141 cm³/mol. The van der Waals surface area contributed by atoms with E-state index in [1.807, 2.05) is 49.4 Å². The number of amides is 2. The Morgan fingerprint density at radius 3 is 2.42 bits per heavy atom. The van der Waals surface area contributed by atoms with E-state index in [0.29, 0.717) is 6.29 Å². The van der Waals surface area contributed by atoms with E-state index in [9.17, 15) is 14.4 Å². The van der Waals surface area contributed by atoms with Crippen molar-refractivity contribution in [1.82, 2.24) is 9.88 Å². The van der Waals surface area contributed by atoms with E-state index in [4.69, 9.17) is 4.74 Å². The van der Waals surface area contributed by atoms with Gasteiger partial charge in [0.1, 0.15) is 17.8 Å². The second kappa shape index (κ2) is 11.6. The number of nitrogens with zero attached hydrogens (tertiary/aromatic N) is 2. The van der Waals surface area contributed by atoms with Crippen LogP contribution in [0.4, 0.5) is 10.5 Å². The van der Waals surface area contributed by atoms with E-state index < -0.39 is 17.6 Å². The minimum absolute atomic E-state index is 0.112. The van der Waals surface area contributed by atoms with Gasteiger partial charge in [0.15, 0.2) is 6.29 Å². The number of hydrogen-bond acceptors (Lipinski definition) is 5. The Kier molecular flexibility index (Phi) is 8.59. The van der Waals surface area contributed by atoms with Crippen LogP contribution in [0.25, 0.3) is 11.1 Å².